The second-order valence-electron chi connectivity index (χ2n) is 3.26. The van der Waals surface area contributed by atoms with Gasteiger partial charge in [0.2, 0.25) is 5.91 Å². The highest BCUT2D eigenvalue weighted by atomic mass is 79.9. The van der Waals surface area contributed by atoms with Gasteiger partial charge in [0.15, 0.2) is 5.78 Å². The van der Waals surface area contributed by atoms with Crippen LogP contribution in [0.4, 0.5) is 10.1 Å². The Morgan fingerprint density at radius 2 is 2.12 bits per heavy atom. The molecule has 1 aromatic carbocycles. The Kier molecular flexibility index (Phi) is 4.61. The molecule has 0 bridgehead atoms. The van der Waals surface area contributed by atoms with E-state index in [1.165, 1.54) is 30.0 Å². The molecule has 0 radical (unpaired) electrons. The minimum atomic E-state index is -0.435. The zero-order valence-electron chi connectivity index (χ0n) is 8.74. The predicted molar refractivity (Wildman–Crippen MR) is 63.2 cm³/mol. The summed E-state index contributed by atoms with van der Waals surface area (Å²) in [5.74, 6) is -0.866. The van der Waals surface area contributed by atoms with E-state index in [4.69, 9.17) is 0 Å². The number of amides is 1. The molecule has 0 saturated carbocycles. The monoisotopic (exact) mass is 287 g/mol. The highest BCUT2D eigenvalue weighted by Gasteiger charge is 2.15. The van der Waals surface area contributed by atoms with Crippen LogP contribution in [0.25, 0.3) is 0 Å². The van der Waals surface area contributed by atoms with Gasteiger partial charge in [0.1, 0.15) is 5.82 Å². The van der Waals surface area contributed by atoms with Crippen LogP contribution in [0.3, 0.4) is 0 Å². The molecule has 5 heteroatoms. The Bertz CT molecular complexity index is 409. The van der Waals surface area contributed by atoms with Crippen molar-refractivity contribution in [2.45, 2.75) is 6.92 Å². The normalized spacial score (nSPS) is 9.94. The second kappa shape index (κ2) is 5.75. The van der Waals surface area contributed by atoms with Crippen molar-refractivity contribution in [3.05, 3.63) is 30.1 Å². The molecule has 0 aliphatic heterocycles. The molecule has 16 heavy (non-hydrogen) atoms. The van der Waals surface area contributed by atoms with E-state index in [1.807, 2.05) is 0 Å². The van der Waals surface area contributed by atoms with E-state index >= 15 is 0 Å². The molecule has 86 valence electrons. The molecule has 0 aliphatic carbocycles. The van der Waals surface area contributed by atoms with Crippen molar-refractivity contribution in [3.63, 3.8) is 0 Å². The minimum absolute atomic E-state index is 0.0516. The SMILES string of the molecule is CC(=O)N(CC(=O)CBr)c1cccc(F)c1. The van der Waals surface area contributed by atoms with E-state index < -0.39 is 5.82 Å². The van der Waals surface area contributed by atoms with Gasteiger partial charge >= 0.3 is 0 Å². The summed E-state index contributed by atoms with van der Waals surface area (Å²) in [6.45, 7) is 1.29. The summed E-state index contributed by atoms with van der Waals surface area (Å²) in [6, 6.07) is 5.60. The van der Waals surface area contributed by atoms with Crippen LogP contribution >= 0.6 is 15.9 Å². The van der Waals surface area contributed by atoms with E-state index in [-0.39, 0.29) is 23.6 Å². The number of anilines is 1. The smallest absolute Gasteiger partial charge is 0.224 e. The summed E-state index contributed by atoms with van der Waals surface area (Å²) < 4.78 is 13.0. The molecular formula is C11H11BrFNO2. The first kappa shape index (κ1) is 12.8. The standard InChI is InChI=1S/C11H11BrFNO2/c1-8(15)14(7-11(16)6-12)10-4-2-3-9(13)5-10/h2-5H,6-7H2,1H3. The molecule has 1 rings (SSSR count). The molecule has 0 atom stereocenters. The average Bonchev–Trinajstić information content (AvgIpc) is 2.25. The molecule has 0 heterocycles. The van der Waals surface area contributed by atoms with Crippen LogP contribution in [-0.4, -0.2) is 23.6 Å². The Balaban J connectivity index is 2.94. The van der Waals surface area contributed by atoms with Crippen LogP contribution in [-0.2, 0) is 9.59 Å². The van der Waals surface area contributed by atoms with Crippen molar-refractivity contribution in [1.29, 1.82) is 0 Å². The largest absolute Gasteiger partial charge is 0.305 e. The first-order valence-electron chi connectivity index (χ1n) is 4.66. The van der Waals surface area contributed by atoms with E-state index in [2.05, 4.69) is 15.9 Å². The van der Waals surface area contributed by atoms with E-state index in [1.54, 1.807) is 6.07 Å². The van der Waals surface area contributed by atoms with Gasteiger partial charge in [0, 0.05) is 12.6 Å². The van der Waals surface area contributed by atoms with Crippen molar-refractivity contribution >= 4 is 33.3 Å². The fourth-order valence-corrected chi connectivity index (χ4v) is 1.42. The van der Waals surface area contributed by atoms with Gasteiger partial charge in [-0.05, 0) is 18.2 Å². The van der Waals surface area contributed by atoms with Crippen LogP contribution in [0, 0.1) is 5.82 Å². The Hall–Kier alpha value is -1.23. The van der Waals surface area contributed by atoms with Gasteiger partial charge < -0.3 is 4.90 Å². The van der Waals surface area contributed by atoms with Crippen LogP contribution in [0.2, 0.25) is 0 Å². The van der Waals surface area contributed by atoms with Crippen LogP contribution in [0.5, 0.6) is 0 Å². The van der Waals surface area contributed by atoms with Crippen LogP contribution < -0.4 is 4.90 Å². The van der Waals surface area contributed by atoms with Crippen molar-refractivity contribution in [2.75, 3.05) is 16.8 Å². The number of carbonyl (C=O) groups excluding carboxylic acids is 2. The Labute approximate surface area is 101 Å². The first-order valence-corrected chi connectivity index (χ1v) is 5.78. The maximum Gasteiger partial charge on any atom is 0.224 e. The fraction of sp³-hybridized carbons (Fsp3) is 0.273. The number of hydrogen-bond donors (Lipinski definition) is 0. The second-order valence-corrected chi connectivity index (χ2v) is 3.82. The molecule has 0 saturated heterocycles. The molecule has 0 aromatic heterocycles. The molecular weight excluding hydrogens is 277 g/mol. The third kappa shape index (κ3) is 3.41. The number of carbonyl (C=O) groups is 2. The summed E-state index contributed by atoms with van der Waals surface area (Å²) in [6.07, 6.45) is 0. The zero-order valence-corrected chi connectivity index (χ0v) is 10.3. The van der Waals surface area contributed by atoms with Crippen LogP contribution in [0.15, 0.2) is 24.3 Å². The molecule has 0 aliphatic rings. The minimum Gasteiger partial charge on any atom is -0.305 e. The molecule has 1 amide bonds. The fourth-order valence-electron chi connectivity index (χ4n) is 1.25. The summed E-state index contributed by atoms with van der Waals surface area (Å²) >= 11 is 3.02. The van der Waals surface area contributed by atoms with Gasteiger partial charge in [-0.3, -0.25) is 9.59 Å². The summed E-state index contributed by atoms with van der Waals surface area (Å²) in [7, 11) is 0. The summed E-state index contributed by atoms with van der Waals surface area (Å²) in [4.78, 5) is 23.8. The Morgan fingerprint density at radius 3 is 2.62 bits per heavy atom. The number of rotatable bonds is 4. The van der Waals surface area contributed by atoms with E-state index in [0.717, 1.165) is 0 Å². The molecule has 0 unspecified atom stereocenters. The van der Waals surface area contributed by atoms with Gasteiger partial charge in [0.05, 0.1) is 11.9 Å². The van der Waals surface area contributed by atoms with Crippen molar-refractivity contribution in [2.24, 2.45) is 0 Å². The van der Waals surface area contributed by atoms with Crippen molar-refractivity contribution in [1.82, 2.24) is 0 Å². The topological polar surface area (TPSA) is 37.4 Å². The number of ketones is 1. The van der Waals surface area contributed by atoms with E-state index in [0.29, 0.717) is 5.69 Å². The van der Waals surface area contributed by atoms with Gasteiger partial charge in [-0.2, -0.15) is 0 Å². The number of benzene rings is 1. The van der Waals surface area contributed by atoms with Gasteiger partial charge in [-0.15, -0.1) is 0 Å². The molecule has 0 fully saturated rings. The van der Waals surface area contributed by atoms with Crippen molar-refractivity contribution in [3.8, 4) is 0 Å². The third-order valence-electron chi connectivity index (χ3n) is 1.98. The molecule has 3 nitrogen and oxygen atoms in total. The number of halogens is 2. The van der Waals surface area contributed by atoms with Gasteiger partial charge in [0.25, 0.3) is 0 Å². The maximum absolute atomic E-state index is 13.0. The molecule has 1 aromatic rings. The zero-order chi connectivity index (χ0) is 12.1. The molecule has 0 spiro atoms. The quantitative estimate of drug-likeness (QED) is 0.796. The summed E-state index contributed by atoms with van der Waals surface area (Å²) in [5, 5.41) is 0.173. The summed E-state index contributed by atoms with van der Waals surface area (Å²) in [5.41, 5.74) is 0.391. The van der Waals surface area contributed by atoms with E-state index in [9.17, 15) is 14.0 Å². The third-order valence-corrected chi connectivity index (χ3v) is 2.61. The number of alkyl halides is 1. The lowest BCUT2D eigenvalue weighted by Gasteiger charge is -2.19. The van der Waals surface area contributed by atoms with Gasteiger partial charge in [-0.25, -0.2) is 4.39 Å². The maximum atomic E-state index is 13.0. The number of nitrogens with zero attached hydrogens (tertiary/aromatic N) is 1. The Morgan fingerprint density at radius 1 is 1.44 bits per heavy atom. The van der Waals surface area contributed by atoms with Crippen LogP contribution in [0.1, 0.15) is 6.92 Å². The lowest BCUT2D eigenvalue weighted by atomic mass is 10.2. The first-order chi connectivity index (χ1) is 7.54. The molecule has 0 N–H and O–H groups in total. The lowest BCUT2D eigenvalue weighted by molar-refractivity contribution is -0.120. The highest BCUT2D eigenvalue weighted by Crippen LogP contribution is 2.15. The average molecular weight is 288 g/mol. The highest BCUT2D eigenvalue weighted by molar-refractivity contribution is 9.09. The predicted octanol–water partition coefficient (Wildman–Crippen LogP) is 2.14. The van der Waals surface area contributed by atoms with Crippen molar-refractivity contribution < 1.29 is 14.0 Å². The number of Topliss-reactive ketones (excluding diaryl/α,β-unsaturated/α-hetero) is 1. The lowest BCUT2D eigenvalue weighted by Crippen LogP contribution is -2.34. The number of hydrogen-bond acceptors (Lipinski definition) is 2. The van der Waals surface area contributed by atoms with Gasteiger partial charge in [-0.1, -0.05) is 22.0 Å².